The number of ketones is 1. The molecule has 1 aliphatic rings. The molecule has 0 aromatic heterocycles. The number of carbonyl (C=O) groups excluding carboxylic acids is 1. The van der Waals surface area contributed by atoms with Gasteiger partial charge < -0.3 is 4.90 Å². The number of allylic oxidation sites excluding steroid dienone is 1. The summed E-state index contributed by atoms with van der Waals surface area (Å²) in [5, 5.41) is 0. The van der Waals surface area contributed by atoms with Crippen molar-refractivity contribution in [3.63, 3.8) is 0 Å². The van der Waals surface area contributed by atoms with Crippen LogP contribution in [0.4, 0.5) is 0 Å². The molecule has 0 saturated carbocycles. The molecule has 2 heteroatoms. The van der Waals surface area contributed by atoms with E-state index in [1.54, 1.807) is 6.92 Å². The summed E-state index contributed by atoms with van der Waals surface area (Å²) in [6.45, 7) is 5.81. The number of rotatable bonds is 1. The zero-order valence-electron chi connectivity index (χ0n) is 7.64. The van der Waals surface area contributed by atoms with E-state index >= 15 is 0 Å². The van der Waals surface area contributed by atoms with Gasteiger partial charge in [-0.25, -0.2) is 0 Å². The summed E-state index contributed by atoms with van der Waals surface area (Å²) >= 11 is 0. The lowest BCUT2D eigenvalue weighted by atomic mass is 10.1. The van der Waals surface area contributed by atoms with Crippen LogP contribution < -0.4 is 0 Å². The Morgan fingerprint density at radius 2 is 2.18 bits per heavy atom. The Morgan fingerprint density at radius 3 is 2.36 bits per heavy atom. The predicted octanol–water partition coefficient (Wildman–Crippen LogP) is 1.57. The number of nitrogens with zero attached hydrogens (tertiary/aromatic N) is 1. The highest BCUT2D eigenvalue weighted by molar-refractivity contribution is 5.93. The molecule has 0 fully saturated rings. The van der Waals surface area contributed by atoms with Gasteiger partial charge in [-0.2, -0.15) is 0 Å². The van der Waals surface area contributed by atoms with Crippen molar-refractivity contribution in [1.82, 2.24) is 4.90 Å². The van der Waals surface area contributed by atoms with Gasteiger partial charge in [0.25, 0.3) is 0 Å². The first-order valence-corrected chi connectivity index (χ1v) is 3.97. The first-order chi connectivity index (χ1) is 5.04. The average Bonchev–Trinajstić information content (AvgIpc) is 2.07. The molecule has 0 bridgehead atoms. The SMILES string of the molecule is CC(=O)C1=C(C)CC(C)N1C. The van der Waals surface area contributed by atoms with Crippen LogP contribution in [0.3, 0.4) is 0 Å². The van der Waals surface area contributed by atoms with Crippen LogP contribution in [0.25, 0.3) is 0 Å². The second-order valence-electron chi connectivity index (χ2n) is 3.35. The summed E-state index contributed by atoms with van der Waals surface area (Å²) in [5.41, 5.74) is 2.14. The van der Waals surface area contributed by atoms with Crippen molar-refractivity contribution >= 4 is 5.78 Å². The largest absolute Gasteiger partial charge is 0.369 e. The maximum Gasteiger partial charge on any atom is 0.175 e. The van der Waals surface area contributed by atoms with Crippen molar-refractivity contribution in [1.29, 1.82) is 0 Å². The molecule has 11 heavy (non-hydrogen) atoms. The summed E-state index contributed by atoms with van der Waals surface area (Å²) in [5.74, 6) is 0.189. The minimum Gasteiger partial charge on any atom is -0.369 e. The number of Topliss-reactive ketones (excluding diaryl/α,β-unsaturated/α-hetero) is 1. The third kappa shape index (κ3) is 1.30. The third-order valence-corrected chi connectivity index (χ3v) is 2.35. The van der Waals surface area contributed by atoms with Crippen molar-refractivity contribution in [2.45, 2.75) is 33.2 Å². The Kier molecular flexibility index (Phi) is 2.03. The van der Waals surface area contributed by atoms with Gasteiger partial charge in [0, 0.05) is 20.0 Å². The summed E-state index contributed by atoms with van der Waals surface area (Å²) in [7, 11) is 1.98. The lowest BCUT2D eigenvalue weighted by Gasteiger charge is -2.19. The third-order valence-electron chi connectivity index (χ3n) is 2.35. The van der Waals surface area contributed by atoms with Gasteiger partial charge in [0.15, 0.2) is 5.78 Å². The first kappa shape index (κ1) is 8.31. The number of hydrogen-bond acceptors (Lipinski definition) is 2. The standard InChI is InChI=1S/C9H15NO/c1-6-5-7(2)10(4)9(6)8(3)11/h7H,5H2,1-4H3. The van der Waals surface area contributed by atoms with Gasteiger partial charge in [-0.15, -0.1) is 0 Å². The van der Waals surface area contributed by atoms with Crippen LogP contribution in [-0.2, 0) is 4.79 Å². The summed E-state index contributed by atoms with van der Waals surface area (Å²) in [6.07, 6.45) is 1.03. The molecule has 0 N–H and O–H groups in total. The first-order valence-electron chi connectivity index (χ1n) is 3.97. The fraction of sp³-hybridized carbons (Fsp3) is 0.667. The molecule has 1 heterocycles. The smallest absolute Gasteiger partial charge is 0.175 e. The van der Waals surface area contributed by atoms with E-state index in [1.807, 2.05) is 14.0 Å². The van der Waals surface area contributed by atoms with Gasteiger partial charge >= 0.3 is 0 Å². The monoisotopic (exact) mass is 153 g/mol. The van der Waals surface area contributed by atoms with Crippen LogP contribution in [0.5, 0.6) is 0 Å². The van der Waals surface area contributed by atoms with Crippen LogP contribution in [0.15, 0.2) is 11.3 Å². The number of likely N-dealkylation sites (N-methyl/N-ethyl adjacent to an activating group) is 1. The van der Waals surface area contributed by atoms with Gasteiger partial charge in [0.1, 0.15) is 0 Å². The van der Waals surface area contributed by atoms with Gasteiger partial charge in [-0.05, 0) is 25.8 Å². The van der Waals surface area contributed by atoms with E-state index in [2.05, 4.69) is 11.8 Å². The zero-order valence-corrected chi connectivity index (χ0v) is 7.64. The van der Waals surface area contributed by atoms with Crippen molar-refractivity contribution < 1.29 is 4.79 Å². The lowest BCUT2D eigenvalue weighted by molar-refractivity contribution is -0.114. The van der Waals surface area contributed by atoms with Crippen molar-refractivity contribution in [2.75, 3.05) is 7.05 Å². The summed E-state index contributed by atoms with van der Waals surface area (Å²) in [6, 6.07) is 0.494. The molecule has 62 valence electrons. The molecule has 1 rings (SSSR count). The fourth-order valence-corrected chi connectivity index (χ4v) is 1.75. The molecule has 0 aromatic carbocycles. The Hall–Kier alpha value is -0.790. The summed E-state index contributed by atoms with van der Waals surface area (Å²) < 4.78 is 0. The fourth-order valence-electron chi connectivity index (χ4n) is 1.75. The minimum atomic E-state index is 0.189. The molecule has 2 nitrogen and oxygen atoms in total. The molecule has 0 spiro atoms. The molecule has 1 atom stereocenters. The topological polar surface area (TPSA) is 20.3 Å². The Labute approximate surface area is 67.9 Å². The predicted molar refractivity (Wildman–Crippen MR) is 45.2 cm³/mol. The van der Waals surface area contributed by atoms with E-state index < -0.39 is 0 Å². The highest BCUT2D eigenvalue weighted by Crippen LogP contribution is 2.26. The molecule has 1 aliphatic heterocycles. The maximum atomic E-state index is 11.1. The van der Waals surface area contributed by atoms with Crippen LogP contribution in [0.2, 0.25) is 0 Å². The van der Waals surface area contributed by atoms with Crippen LogP contribution >= 0.6 is 0 Å². The highest BCUT2D eigenvalue weighted by atomic mass is 16.1. The number of hydrogen-bond donors (Lipinski definition) is 0. The lowest BCUT2D eigenvalue weighted by Crippen LogP contribution is -2.25. The van der Waals surface area contributed by atoms with Gasteiger partial charge in [0.2, 0.25) is 0 Å². The Balaban J connectivity index is 2.91. The quantitative estimate of drug-likeness (QED) is 0.570. The zero-order chi connectivity index (χ0) is 8.59. The average molecular weight is 153 g/mol. The van der Waals surface area contributed by atoms with E-state index in [4.69, 9.17) is 0 Å². The molecular weight excluding hydrogens is 138 g/mol. The molecule has 0 aliphatic carbocycles. The highest BCUT2D eigenvalue weighted by Gasteiger charge is 2.25. The van der Waals surface area contributed by atoms with Gasteiger partial charge in [-0.1, -0.05) is 0 Å². The second-order valence-corrected chi connectivity index (χ2v) is 3.35. The maximum absolute atomic E-state index is 11.1. The van der Waals surface area contributed by atoms with E-state index in [1.165, 1.54) is 5.57 Å². The summed E-state index contributed by atoms with van der Waals surface area (Å²) in [4.78, 5) is 13.2. The van der Waals surface area contributed by atoms with Crippen molar-refractivity contribution in [2.24, 2.45) is 0 Å². The van der Waals surface area contributed by atoms with Crippen LogP contribution in [0.1, 0.15) is 27.2 Å². The van der Waals surface area contributed by atoms with Crippen LogP contribution in [-0.4, -0.2) is 23.8 Å². The number of carbonyl (C=O) groups is 1. The van der Waals surface area contributed by atoms with Crippen LogP contribution in [0, 0.1) is 0 Å². The van der Waals surface area contributed by atoms with Crippen molar-refractivity contribution in [3.8, 4) is 0 Å². The molecule has 0 aromatic rings. The molecule has 1 unspecified atom stereocenters. The molecule has 0 saturated heterocycles. The Morgan fingerprint density at radius 1 is 1.64 bits per heavy atom. The molecule has 0 amide bonds. The normalized spacial score (nSPS) is 24.7. The van der Waals surface area contributed by atoms with Gasteiger partial charge in [0.05, 0.1) is 5.70 Å². The van der Waals surface area contributed by atoms with E-state index in [-0.39, 0.29) is 5.78 Å². The van der Waals surface area contributed by atoms with Gasteiger partial charge in [-0.3, -0.25) is 4.79 Å². The van der Waals surface area contributed by atoms with Crippen molar-refractivity contribution in [3.05, 3.63) is 11.3 Å². The minimum absolute atomic E-state index is 0.189. The molecular formula is C9H15NO. The van der Waals surface area contributed by atoms with E-state index in [9.17, 15) is 4.79 Å². The molecule has 0 radical (unpaired) electrons. The van der Waals surface area contributed by atoms with E-state index in [0.29, 0.717) is 6.04 Å². The second kappa shape index (κ2) is 2.68. The van der Waals surface area contributed by atoms with E-state index in [0.717, 1.165) is 12.1 Å². The Bertz CT molecular complexity index is 218.